The Hall–Kier alpha value is -2.22. The fourth-order valence-electron chi connectivity index (χ4n) is 4.17. The first kappa shape index (κ1) is 32.8. The van der Waals surface area contributed by atoms with E-state index in [4.69, 9.17) is 4.74 Å². The molecule has 0 saturated heterocycles. The Bertz CT molecular complexity index is 885. The molecule has 2 atom stereocenters. The second-order valence-electron chi connectivity index (χ2n) is 11.9. The summed E-state index contributed by atoms with van der Waals surface area (Å²) in [5, 5.41) is 5.74. The summed E-state index contributed by atoms with van der Waals surface area (Å²) in [5.41, 5.74) is 1.58. The molecular weight excluding hydrogens is 486 g/mol. The molecule has 2 N–H and O–H groups in total. The number of hydrogen-bond donors (Lipinski definition) is 3. The molecule has 2 unspecified atom stereocenters. The Morgan fingerprint density at radius 1 is 0.946 bits per heavy atom. The SMILES string of the molecule is CCCCCCCN(C(=O)C(CS)NC(=O)OC(C)(C)C)C(C(=O)NC(C)(C)C)c1cc(C)cc(C)c1. The van der Waals surface area contributed by atoms with Gasteiger partial charge in [-0.3, -0.25) is 9.59 Å². The van der Waals surface area contributed by atoms with Crippen molar-refractivity contribution in [1.29, 1.82) is 0 Å². The van der Waals surface area contributed by atoms with Gasteiger partial charge < -0.3 is 20.3 Å². The van der Waals surface area contributed by atoms with Gasteiger partial charge in [-0.2, -0.15) is 12.6 Å². The van der Waals surface area contributed by atoms with Gasteiger partial charge in [-0.25, -0.2) is 4.79 Å². The zero-order valence-electron chi connectivity index (χ0n) is 24.4. The highest BCUT2D eigenvalue weighted by atomic mass is 32.1. The monoisotopic (exact) mass is 535 g/mol. The van der Waals surface area contributed by atoms with Crippen LogP contribution >= 0.6 is 12.6 Å². The number of nitrogens with zero attached hydrogens (tertiary/aromatic N) is 1. The number of carbonyl (C=O) groups excluding carboxylic acids is 3. The second kappa shape index (κ2) is 14.6. The summed E-state index contributed by atoms with van der Waals surface area (Å²) in [7, 11) is 0. The van der Waals surface area contributed by atoms with Crippen LogP contribution < -0.4 is 10.6 Å². The van der Waals surface area contributed by atoms with Crippen molar-refractivity contribution in [3.05, 3.63) is 34.9 Å². The number of hydrogen-bond acceptors (Lipinski definition) is 5. The van der Waals surface area contributed by atoms with E-state index in [0.29, 0.717) is 6.54 Å². The maximum absolute atomic E-state index is 14.0. The molecule has 0 aliphatic rings. The third-order valence-electron chi connectivity index (χ3n) is 5.58. The Balaban J connectivity index is 3.46. The summed E-state index contributed by atoms with van der Waals surface area (Å²) in [4.78, 5) is 41.9. The Labute approximate surface area is 229 Å². The standard InChI is InChI=1S/C29H49N3O4S/c1-10-11-12-13-14-15-32(26(34)23(19-37)30-27(35)36-29(7,8)9)24(25(33)31-28(4,5)6)22-17-20(2)16-21(3)18-22/h16-18,23-24,37H,10-15,19H2,1-9H3,(H,30,35)(H,31,33). The van der Waals surface area contributed by atoms with Crippen molar-refractivity contribution in [2.75, 3.05) is 12.3 Å². The van der Waals surface area contributed by atoms with Crippen molar-refractivity contribution in [3.63, 3.8) is 0 Å². The summed E-state index contributed by atoms with van der Waals surface area (Å²) >= 11 is 4.36. The van der Waals surface area contributed by atoms with Crippen LogP contribution in [0.5, 0.6) is 0 Å². The van der Waals surface area contributed by atoms with Crippen LogP contribution in [0.25, 0.3) is 0 Å². The number of benzene rings is 1. The Morgan fingerprint density at radius 3 is 2.00 bits per heavy atom. The predicted octanol–water partition coefficient (Wildman–Crippen LogP) is 5.88. The molecule has 0 aromatic heterocycles. The first-order valence-electron chi connectivity index (χ1n) is 13.4. The lowest BCUT2D eigenvalue weighted by atomic mass is 9.97. The maximum atomic E-state index is 14.0. The fraction of sp³-hybridized carbons (Fsp3) is 0.690. The van der Waals surface area contributed by atoms with Gasteiger partial charge in [0.05, 0.1) is 0 Å². The Kier molecular flexibility index (Phi) is 13.0. The topological polar surface area (TPSA) is 87.7 Å². The van der Waals surface area contributed by atoms with Gasteiger partial charge in [0.15, 0.2) is 0 Å². The fourth-order valence-corrected chi connectivity index (χ4v) is 4.41. The maximum Gasteiger partial charge on any atom is 0.408 e. The first-order chi connectivity index (χ1) is 17.1. The number of alkyl carbamates (subject to hydrolysis) is 1. The highest BCUT2D eigenvalue weighted by Crippen LogP contribution is 2.26. The quantitative estimate of drug-likeness (QED) is 0.230. The molecule has 0 saturated carbocycles. The number of amides is 3. The second-order valence-corrected chi connectivity index (χ2v) is 12.3. The summed E-state index contributed by atoms with van der Waals surface area (Å²) in [5.74, 6) is -0.538. The summed E-state index contributed by atoms with van der Waals surface area (Å²) in [6, 6.07) is 4.16. The van der Waals surface area contributed by atoms with Crippen LogP contribution in [-0.4, -0.2) is 52.3 Å². The molecule has 3 amide bonds. The lowest BCUT2D eigenvalue weighted by molar-refractivity contribution is -0.142. The van der Waals surface area contributed by atoms with Gasteiger partial charge in [-0.05, 0) is 67.4 Å². The van der Waals surface area contributed by atoms with Crippen molar-refractivity contribution < 1.29 is 19.1 Å². The Morgan fingerprint density at radius 2 is 1.51 bits per heavy atom. The molecule has 7 nitrogen and oxygen atoms in total. The minimum absolute atomic E-state index is 0.0743. The average Bonchev–Trinajstić information content (AvgIpc) is 2.72. The van der Waals surface area contributed by atoms with E-state index in [2.05, 4.69) is 30.2 Å². The van der Waals surface area contributed by atoms with Crippen molar-refractivity contribution in [2.45, 2.75) is 118 Å². The van der Waals surface area contributed by atoms with Crippen LogP contribution in [0.2, 0.25) is 0 Å². The van der Waals surface area contributed by atoms with Gasteiger partial charge >= 0.3 is 6.09 Å². The van der Waals surface area contributed by atoms with Gasteiger partial charge in [-0.15, -0.1) is 0 Å². The largest absolute Gasteiger partial charge is 0.444 e. The highest BCUT2D eigenvalue weighted by Gasteiger charge is 2.36. The van der Waals surface area contributed by atoms with E-state index in [1.807, 2.05) is 52.8 Å². The first-order valence-corrected chi connectivity index (χ1v) is 14.0. The van der Waals surface area contributed by atoms with Crippen molar-refractivity contribution in [2.24, 2.45) is 0 Å². The molecule has 0 aliphatic heterocycles. The van der Waals surface area contributed by atoms with E-state index >= 15 is 0 Å². The lowest BCUT2D eigenvalue weighted by Crippen LogP contribution is -2.55. The number of unbranched alkanes of at least 4 members (excludes halogenated alkanes) is 4. The molecule has 0 spiro atoms. The number of carbonyl (C=O) groups is 3. The van der Waals surface area contributed by atoms with Crippen LogP contribution in [0.4, 0.5) is 4.79 Å². The molecule has 0 aliphatic carbocycles. The summed E-state index contributed by atoms with van der Waals surface area (Å²) < 4.78 is 5.38. The van der Waals surface area contributed by atoms with E-state index in [0.717, 1.165) is 48.8 Å². The van der Waals surface area contributed by atoms with E-state index in [-0.39, 0.29) is 17.6 Å². The van der Waals surface area contributed by atoms with E-state index in [1.165, 1.54) is 0 Å². The smallest absolute Gasteiger partial charge is 0.408 e. The van der Waals surface area contributed by atoms with Crippen LogP contribution in [0.3, 0.4) is 0 Å². The average molecular weight is 536 g/mol. The summed E-state index contributed by atoms with van der Waals surface area (Å²) in [6.07, 6.45) is 4.31. The molecule has 0 heterocycles. The third kappa shape index (κ3) is 12.2. The molecule has 1 aromatic carbocycles. The van der Waals surface area contributed by atoms with Crippen molar-refractivity contribution >= 4 is 30.5 Å². The van der Waals surface area contributed by atoms with Crippen molar-refractivity contribution in [3.8, 4) is 0 Å². The predicted molar refractivity (Wildman–Crippen MR) is 154 cm³/mol. The third-order valence-corrected chi connectivity index (χ3v) is 5.94. The zero-order chi connectivity index (χ0) is 28.4. The molecule has 0 fully saturated rings. The van der Waals surface area contributed by atoms with Gasteiger partial charge in [0.25, 0.3) is 0 Å². The molecule has 1 rings (SSSR count). The van der Waals surface area contributed by atoms with Crippen LogP contribution in [0.1, 0.15) is 103 Å². The van der Waals surface area contributed by atoms with Gasteiger partial charge in [0, 0.05) is 17.8 Å². The molecule has 210 valence electrons. The molecule has 0 bridgehead atoms. The molecule has 37 heavy (non-hydrogen) atoms. The number of thiol groups is 1. The van der Waals surface area contributed by atoms with Crippen LogP contribution in [0, 0.1) is 13.8 Å². The molecular formula is C29H49N3O4S. The zero-order valence-corrected chi connectivity index (χ0v) is 25.3. The van der Waals surface area contributed by atoms with E-state index < -0.39 is 29.3 Å². The molecule has 1 aromatic rings. The lowest BCUT2D eigenvalue weighted by Gasteiger charge is -2.36. The minimum atomic E-state index is -0.940. The number of ether oxygens (including phenoxy) is 1. The number of nitrogens with one attached hydrogen (secondary N) is 2. The van der Waals surface area contributed by atoms with Gasteiger partial charge in [0.1, 0.15) is 17.7 Å². The van der Waals surface area contributed by atoms with E-state index in [9.17, 15) is 14.4 Å². The van der Waals surface area contributed by atoms with Crippen LogP contribution in [0.15, 0.2) is 18.2 Å². The normalized spacial score (nSPS) is 13.5. The number of aryl methyl sites for hydroxylation is 2. The molecule has 0 radical (unpaired) electrons. The van der Waals surface area contributed by atoms with Crippen LogP contribution in [-0.2, 0) is 14.3 Å². The van der Waals surface area contributed by atoms with Crippen molar-refractivity contribution in [1.82, 2.24) is 15.5 Å². The highest BCUT2D eigenvalue weighted by molar-refractivity contribution is 7.80. The number of rotatable bonds is 12. The van der Waals surface area contributed by atoms with Gasteiger partial charge in [0.2, 0.25) is 11.8 Å². The molecule has 8 heteroatoms. The van der Waals surface area contributed by atoms with E-state index in [1.54, 1.807) is 25.7 Å². The summed E-state index contributed by atoms with van der Waals surface area (Å²) in [6.45, 7) is 17.5. The van der Waals surface area contributed by atoms with Gasteiger partial charge in [-0.1, -0.05) is 61.9 Å². The minimum Gasteiger partial charge on any atom is -0.444 e.